The van der Waals surface area contributed by atoms with E-state index >= 15 is 0 Å². The molecule has 49 heavy (non-hydrogen) atoms. The molecule has 8 aromatic carbocycles. The van der Waals surface area contributed by atoms with Crippen LogP contribution in [0.4, 0.5) is 0 Å². The number of aromatic nitrogens is 3. The van der Waals surface area contributed by atoms with Crippen LogP contribution in [0.1, 0.15) is 0 Å². The lowest BCUT2D eigenvalue weighted by Crippen LogP contribution is -2.00. The average Bonchev–Trinajstić information content (AvgIpc) is 3.58. The minimum Gasteiger partial charge on any atom is -0.455 e. The second-order valence-electron chi connectivity index (χ2n) is 12.4. The van der Waals surface area contributed by atoms with Crippen LogP contribution in [0.5, 0.6) is 0 Å². The summed E-state index contributed by atoms with van der Waals surface area (Å²) < 4.78 is 6.86. The maximum atomic E-state index is 6.86. The van der Waals surface area contributed by atoms with Gasteiger partial charge in [-0.3, -0.25) is 0 Å². The fraction of sp³-hybridized carbons (Fsp3) is 0. The third-order valence-electron chi connectivity index (χ3n) is 9.51. The predicted octanol–water partition coefficient (Wildman–Crippen LogP) is 11.9. The van der Waals surface area contributed by atoms with Gasteiger partial charge in [-0.25, -0.2) is 15.0 Å². The molecule has 0 spiro atoms. The molecule has 0 saturated carbocycles. The van der Waals surface area contributed by atoms with Crippen LogP contribution in [0, 0.1) is 0 Å². The molecule has 4 nitrogen and oxygen atoms in total. The number of benzene rings is 8. The summed E-state index contributed by atoms with van der Waals surface area (Å²) in [5, 5.41) is 9.02. The van der Waals surface area contributed by atoms with Crippen LogP contribution in [0.25, 0.3) is 99.5 Å². The topological polar surface area (TPSA) is 51.8 Å². The van der Waals surface area contributed by atoms with Crippen molar-refractivity contribution < 1.29 is 4.42 Å². The van der Waals surface area contributed by atoms with E-state index in [4.69, 9.17) is 19.4 Å². The maximum absolute atomic E-state index is 6.86. The Morgan fingerprint density at radius 2 is 0.878 bits per heavy atom. The minimum absolute atomic E-state index is 0.600. The Morgan fingerprint density at radius 1 is 0.327 bits per heavy atom. The highest BCUT2D eigenvalue weighted by Gasteiger charge is 2.22. The second-order valence-corrected chi connectivity index (χ2v) is 12.4. The summed E-state index contributed by atoms with van der Waals surface area (Å²) in [4.78, 5) is 15.4. The number of furan rings is 1. The van der Waals surface area contributed by atoms with E-state index in [0.29, 0.717) is 17.5 Å². The van der Waals surface area contributed by atoms with Gasteiger partial charge in [0.1, 0.15) is 11.2 Å². The molecule has 0 fully saturated rings. The lowest BCUT2D eigenvalue weighted by Gasteiger charge is -2.11. The molecule has 10 aromatic rings. The summed E-state index contributed by atoms with van der Waals surface area (Å²) in [7, 11) is 0. The molecule has 0 unspecified atom stereocenters. The predicted molar refractivity (Wildman–Crippen MR) is 201 cm³/mol. The Kier molecular flexibility index (Phi) is 6.15. The van der Waals surface area contributed by atoms with Crippen LogP contribution in [0.2, 0.25) is 0 Å². The summed E-state index contributed by atoms with van der Waals surface area (Å²) in [5.41, 5.74) is 6.55. The van der Waals surface area contributed by atoms with Crippen molar-refractivity contribution >= 4 is 54.3 Å². The van der Waals surface area contributed by atoms with Gasteiger partial charge in [-0.05, 0) is 56.8 Å². The lowest BCUT2D eigenvalue weighted by atomic mass is 9.97. The molecular weight excluding hydrogens is 599 g/mol. The fourth-order valence-electron chi connectivity index (χ4n) is 7.13. The molecule has 0 saturated heterocycles. The molecule has 10 rings (SSSR count). The van der Waals surface area contributed by atoms with Gasteiger partial charge in [0, 0.05) is 38.4 Å². The molecule has 0 radical (unpaired) electrons. The van der Waals surface area contributed by atoms with E-state index in [2.05, 4.69) is 127 Å². The van der Waals surface area contributed by atoms with Crippen molar-refractivity contribution in [3.63, 3.8) is 0 Å². The third-order valence-corrected chi connectivity index (χ3v) is 9.51. The molecule has 0 aliphatic heterocycles. The monoisotopic (exact) mass is 625 g/mol. The van der Waals surface area contributed by atoms with Crippen molar-refractivity contribution in [1.82, 2.24) is 15.0 Å². The van der Waals surface area contributed by atoms with Crippen LogP contribution < -0.4 is 0 Å². The van der Waals surface area contributed by atoms with E-state index in [-0.39, 0.29) is 0 Å². The first-order valence-electron chi connectivity index (χ1n) is 16.4. The molecular formula is C45H27N3O. The van der Waals surface area contributed by atoms with Crippen molar-refractivity contribution in [1.29, 1.82) is 0 Å². The lowest BCUT2D eigenvalue weighted by molar-refractivity contribution is 0.674. The standard InChI is InChI=1S/C45H27N3O/c1-3-11-28(12-4-1)37-25-26-39(40-38-24-21-30-14-8-10-18-36(30)41(38)49-42(37)40)45-47-43(31-15-5-2-6-16-31)46-44(48-45)33-22-23-35-32(27-33)20-19-29-13-7-9-17-34(29)35/h1-27H. The average molecular weight is 626 g/mol. The zero-order valence-corrected chi connectivity index (χ0v) is 26.3. The SMILES string of the molecule is c1ccc(-c2nc(-c3ccc4c(ccc5ccccc54)c3)nc(-c3ccc(-c4ccccc4)c4oc5c6ccccc6ccc5c34)n2)cc1. The third kappa shape index (κ3) is 4.49. The van der Waals surface area contributed by atoms with Crippen LogP contribution in [0.3, 0.4) is 0 Å². The van der Waals surface area contributed by atoms with Gasteiger partial charge in [0.15, 0.2) is 17.5 Å². The van der Waals surface area contributed by atoms with Crippen LogP contribution in [-0.2, 0) is 0 Å². The van der Waals surface area contributed by atoms with Gasteiger partial charge in [0.2, 0.25) is 0 Å². The zero-order valence-electron chi connectivity index (χ0n) is 26.3. The molecule has 0 atom stereocenters. The van der Waals surface area contributed by atoms with Gasteiger partial charge in [-0.15, -0.1) is 0 Å². The highest BCUT2D eigenvalue weighted by molar-refractivity contribution is 6.21. The molecule has 4 heteroatoms. The van der Waals surface area contributed by atoms with E-state index in [9.17, 15) is 0 Å². The van der Waals surface area contributed by atoms with Crippen molar-refractivity contribution in [3.05, 3.63) is 164 Å². The Hall–Kier alpha value is -6.65. The van der Waals surface area contributed by atoms with Crippen LogP contribution in [-0.4, -0.2) is 15.0 Å². The number of rotatable bonds is 4. The van der Waals surface area contributed by atoms with Gasteiger partial charge in [-0.2, -0.15) is 0 Å². The molecule has 228 valence electrons. The van der Waals surface area contributed by atoms with E-state index in [1.54, 1.807) is 0 Å². The van der Waals surface area contributed by atoms with Gasteiger partial charge >= 0.3 is 0 Å². The fourth-order valence-corrected chi connectivity index (χ4v) is 7.13. The van der Waals surface area contributed by atoms with E-state index in [1.807, 2.05) is 36.4 Å². The zero-order chi connectivity index (χ0) is 32.3. The Balaban J connectivity index is 1.25. The van der Waals surface area contributed by atoms with Gasteiger partial charge < -0.3 is 4.42 Å². The normalized spacial score (nSPS) is 11.7. The quantitative estimate of drug-likeness (QED) is 0.183. The van der Waals surface area contributed by atoms with Crippen molar-refractivity contribution in [2.45, 2.75) is 0 Å². The number of fused-ring (bicyclic) bond motifs is 8. The van der Waals surface area contributed by atoms with Gasteiger partial charge in [0.05, 0.1) is 0 Å². The van der Waals surface area contributed by atoms with Crippen LogP contribution in [0.15, 0.2) is 168 Å². The minimum atomic E-state index is 0.600. The highest BCUT2D eigenvalue weighted by Crippen LogP contribution is 2.43. The molecule has 0 amide bonds. The van der Waals surface area contributed by atoms with E-state index in [1.165, 1.54) is 16.2 Å². The summed E-state index contributed by atoms with van der Waals surface area (Å²) in [6.07, 6.45) is 0. The number of nitrogens with zero attached hydrogens (tertiary/aromatic N) is 3. The molecule has 0 N–H and O–H groups in total. The van der Waals surface area contributed by atoms with E-state index < -0.39 is 0 Å². The van der Waals surface area contributed by atoms with Gasteiger partial charge in [-0.1, -0.05) is 140 Å². The first-order valence-corrected chi connectivity index (χ1v) is 16.4. The first-order chi connectivity index (χ1) is 24.3. The maximum Gasteiger partial charge on any atom is 0.164 e. The summed E-state index contributed by atoms with van der Waals surface area (Å²) in [6.45, 7) is 0. The number of hydrogen-bond donors (Lipinski definition) is 0. The van der Waals surface area contributed by atoms with Crippen molar-refractivity contribution in [3.8, 4) is 45.3 Å². The molecule has 2 aromatic heterocycles. The smallest absolute Gasteiger partial charge is 0.164 e. The summed E-state index contributed by atoms with van der Waals surface area (Å²) in [5.74, 6) is 1.85. The highest BCUT2D eigenvalue weighted by atomic mass is 16.3. The Labute approximate surface area is 282 Å². The van der Waals surface area contributed by atoms with Gasteiger partial charge in [0.25, 0.3) is 0 Å². The Morgan fingerprint density at radius 3 is 1.67 bits per heavy atom. The second kappa shape index (κ2) is 11.0. The molecule has 0 bridgehead atoms. The Bertz CT molecular complexity index is 2880. The first kappa shape index (κ1) is 27.5. The summed E-state index contributed by atoms with van der Waals surface area (Å²) >= 11 is 0. The molecule has 0 aliphatic rings. The van der Waals surface area contributed by atoms with E-state index in [0.717, 1.165) is 65.9 Å². The molecule has 0 aliphatic carbocycles. The largest absolute Gasteiger partial charge is 0.455 e. The van der Waals surface area contributed by atoms with Crippen molar-refractivity contribution in [2.75, 3.05) is 0 Å². The van der Waals surface area contributed by atoms with Crippen molar-refractivity contribution in [2.24, 2.45) is 0 Å². The molecule has 2 heterocycles. The summed E-state index contributed by atoms with van der Waals surface area (Å²) in [6, 6.07) is 56.8. The van der Waals surface area contributed by atoms with Crippen LogP contribution >= 0.6 is 0 Å². The number of hydrogen-bond acceptors (Lipinski definition) is 4.